The second-order valence-electron chi connectivity index (χ2n) is 9.51. The first-order chi connectivity index (χ1) is 19.9. The van der Waals surface area contributed by atoms with E-state index >= 15 is 0 Å². The van der Waals surface area contributed by atoms with Crippen molar-refractivity contribution >= 4 is 30.4 Å². The fourth-order valence-electron chi connectivity index (χ4n) is 3.90. The van der Waals surface area contributed by atoms with Gasteiger partial charge in [-0.3, -0.25) is 0 Å². The second-order valence-corrected chi connectivity index (χ2v) is 14.2. The summed E-state index contributed by atoms with van der Waals surface area (Å²) < 4.78 is 105. The third kappa shape index (κ3) is 9.53. The van der Waals surface area contributed by atoms with E-state index in [4.69, 9.17) is 26.8 Å². The first-order valence-electron chi connectivity index (χ1n) is 12.4. The molecular weight excluding hydrogens is 624 g/mol. The normalized spacial score (nSPS) is 11.8. The molecule has 234 valence electrons. The number of benzene rings is 3. The fraction of sp³-hybridized carbons (Fsp3) is 0.286. The van der Waals surface area contributed by atoms with E-state index in [0.29, 0.717) is 5.56 Å². The number of allylic oxidation sites excluding steroid dienone is 1. The summed E-state index contributed by atoms with van der Waals surface area (Å²) in [4.78, 5) is 0. The Morgan fingerprint density at radius 2 is 1.33 bits per heavy atom. The topological polar surface area (TPSA) is 158 Å². The van der Waals surface area contributed by atoms with Gasteiger partial charge in [0.15, 0.2) is 23.0 Å². The van der Waals surface area contributed by atoms with Crippen LogP contribution >= 0.6 is 0 Å². The summed E-state index contributed by atoms with van der Waals surface area (Å²) in [5.41, 5.74) is 1.96. The number of rotatable bonds is 13. The minimum atomic E-state index is -4.16. The molecule has 0 radical (unpaired) electrons. The lowest BCUT2D eigenvalue weighted by Crippen LogP contribution is -2.10. The molecule has 0 fully saturated rings. The van der Waals surface area contributed by atoms with E-state index in [1.807, 2.05) is 13.8 Å². The Morgan fingerprint density at radius 1 is 0.674 bits per heavy atom. The lowest BCUT2D eigenvalue weighted by Gasteiger charge is -2.21. The standard InChI is InChI=1S/C28H32O12S3/c1-18(2)13-14-37-23-12-11-20(16-24(23)39-42(6,31)32)26-25(35-3)17-22(27(36-4)28(26)40-43(7,33)34)19-9-8-10-21(15-19)38-41(5,29)30/h8-13,15-17H,14H2,1-7H3. The molecule has 0 unspecified atom stereocenters. The van der Waals surface area contributed by atoms with Crippen LogP contribution in [0.4, 0.5) is 0 Å². The van der Waals surface area contributed by atoms with Crippen LogP contribution in [0.1, 0.15) is 13.8 Å². The Hall–Kier alpha value is -3.95. The molecule has 0 bridgehead atoms. The molecular formula is C28H32O12S3. The summed E-state index contributed by atoms with van der Waals surface area (Å²) in [7, 11) is -9.37. The average molecular weight is 657 g/mol. The Balaban J connectivity index is 2.35. The minimum Gasteiger partial charge on any atom is -0.496 e. The molecule has 0 saturated carbocycles. The fourth-order valence-corrected chi connectivity index (χ4v) is 5.27. The summed E-state index contributed by atoms with van der Waals surface area (Å²) in [6.45, 7) is 3.89. The second kappa shape index (κ2) is 13.1. The number of hydrogen-bond donors (Lipinski definition) is 0. The molecule has 0 amide bonds. The van der Waals surface area contributed by atoms with Crippen LogP contribution in [-0.2, 0) is 30.4 Å². The maximum Gasteiger partial charge on any atom is 0.306 e. The zero-order valence-electron chi connectivity index (χ0n) is 24.5. The lowest BCUT2D eigenvalue weighted by atomic mass is 9.96. The molecule has 15 heteroatoms. The molecule has 0 aromatic heterocycles. The van der Waals surface area contributed by atoms with E-state index in [9.17, 15) is 25.3 Å². The van der Waals surface area contributed by atoms with Crippen molar-refractivity contribution in [2.45, 2.75) is 13.8 Å². The third-order valence-electron chi connectivity index (χ3n) is 5.46. The highest BCUT2D eigenvalue weighted by molar-refractivity contribution is 7.86. The van der Waals surface area contributed by atoms with Crippen LogP contribution in [0.15, 0.2) is 60.2 Å². The predicted octanol–water partition coefficient (Wildman–Crippen LogP) is 4.40. The summed E-state index contributed by atoms with van der Waals surface area (Å²) in [5, 5.41) is 0. The first-order valence-corrected chi connectivity index (χ1v) is 17.8. The van der Waals surface area contributed by atoms with Gasteiger partial charge in [-0.15, -0.1) is 0 Å². The molecule has 0 aliphatic rings. The monoisotopic (exact) mass is 656 g/mol. The van der Waals surface area contributed by atoms with Crippen molar-refractivity contribution in [3.63, 3.8) is 0 Å². The molecule has 0 heterocycles. The van der Waals surface area contributed by atoms with Crippen molar-refractivity contribution in [1.29, 1.82) is 0 Å². The molecule has 0 aliphatic carbocycles. The third-order valence-corrected chi connectivity index (χ3v) is 6.90. The van der Waals surface area contributed by atoms with Crippen LogP contribution in [0, 0.1) is 0 Å². The number of hydrogen-bond acceptors (Lipinski definition) is 12. The first kappa shape index (κ1) is 33.6. The van der Waals surface area contributed by atoms with E-state index in [2.05, 4.69) is 0 Å². The summed E-state index contributed by atoms with van der Waals surface area (Å²) >= 11 is 0. The summed E-state index contributed by atoms with van der Waals surface area (Å²) in [6.07, 6.45) is 4.40. The highest BCUT2D eigenvalue weighted by Gasteiger charge is 2.27. The molecule has 0 atom stereocenters. The van der Waals surface area contributed by atoms with Gasteiger partial charge in [0.05, 0.1) is 38.6 Å². The van der Waals surface area contributed by atoms with Crippen LogP contribution in [0.25, 0.3) is 22.3 Å². The SMILES string of the molecule is COc1cc(-c2cccc(OS(C)(=O)=O)c2)c(OC)c(OS(C)(=O)=O)c1-c1ccc(OCC=C(C)C)c(OS(C)(=O)=O)c1. The van der Waals surface area contributed by atoms with Crippen molar-refractivity contribution in [1.82, 2.24) is 0 Å². The van der Waals surface area contributed by atoms with Gasteiger partial charge < -0.3 is 26.8 Å². The Morgan fingerprint density at radius 3 is 1.88 bits per heavy atom. The molecule has 43 heavy (non-hydrogen) atoms. The van der Waals surface area contributed by atoms with Crippen LogP contribution in [0.5, 0.6) is 34.5 Å². The molecule has 3 aromatic rings. The molecule has 3 aromatic carbocycles. The summed E-state index contributed by atoms with van der Waals surface area (Å²) in [5.74, 6) is -0.274. The van der Waals surface area contributed by atoms with Gasteiger partial charge in [-0.2, -0.15) is 25.3 Å². The molecule has 0 saturated heterocycles. The number of ether oxygens (including phenoxy) is 3. The maximum atomic E-state index is 12.5. The molecule has 12 nitrogen and oxygen atoms in total. The van der Waals surface area contributed by atoms with Gasteiger partial charge in [0.1, 0.15) is 18.1 Å². The van der Waals surface area contributed by atoms with E-state index in [0.717, 1.165) is 24.3 Å². The molecule has 0 N–H and O–H groups in total. The highest BCUT2D eigenvalue weighted by atomic mass is 32.2. The summed E-state index contributed by atoms with van der Waals surface area (Å²) in [6, 6.07) is 11.9. The Bertz CT molecular complexity index is 1860. The van der Waals surface area contributed by atoms with E-state index in [-0.39, 0.29) is 57.8 Å². The average Bonchev–Trinajstić information content (AvgIpc) is 2.86. The van der Waals surface area contributed by atoms with Crippen molar-refractivity contribution < 1.29 is 52.0 Å². The van der Waals surface area contributed by atoms with Gasteiger partial charge in [-0.1, -0.05) is 23.8 Å². The van der Waals surface area contributed by atoms with Crippen molar-refractivity contribution in [2.75, 3.05) is 39.6 Å². The van der Waals surface area contributed by atoms with E-state index in [1.165, 1.54) is 50.6 Å². The van der Waals surface area contributed by atoms with E-state index < -0.39 is 30.4 Å². The lowest BCUT2D eigenvalue weighted by molar-refractivity contribution is 0.347. The van der Waals surface area contributed by atoms with Crippen molar-refractivity contribution in [2.24, 2.45) is 0 Å². The van der Waals surface area contributed by atoms with Gasteiger partial charge in [-0.25, -0.2) is 0 Å². The maximum absolute atomic E-state index is 12.5. The smallest absolute Gasteiger partial charge is 0.306 e. The quantitative estimate of drug-likeness (QED) is 0.189. The van der Waals surface area contributed by atoms with Gasteiger partial charge in [0.25, 0.3) is 0 Å². The number of methoxy groups -OCH3 is 2. The minimum absolute atomic E-state index is 0.00180. The molecule has 0 spiro atoms. The van der Waals surface area contributed by atoms with Crippen LogP contribution in [0.2, 0.25) is 0 Å². The van der Waals surface area contributed by atoms with Crippen molar-refractivity contribution in [3.8, 4) is 56.8 Å². The van der Waals surface area contributed by atoms with Gasteiger partial charge in [-0.05, 0) is 61.4 Å². The van der Waals surface area contributed by atoms with Gasteiger partial charge in [0, 0.05) is 5.56 Å². The van der Waals surface area contributed by atoms with Gasteiger partial charge in [0.2, 0.25) is 0 Å². The predicted molar refractivity (Wildman–Crippen MR) is 162 cm³/mol. The van der Waals surface area contributed by atoms with Gasteiger partial charge >= 0.3 is 30.4 Å². The molecule has 3 rings (SSSR count). The largest absolute Gasteiger partial charge is 0.496 e. The zero-order valence-corrected chi connectivity index (χ0v) is 27.0. The highest BCUT2D eigenvalue weighted by Crippen LogP contribution is 2.52. The Labute approximate surface area is 252 Å². The van der Waals surface area contributed by atoms with E-state index in [1.54, 1.807) is 18.2 Å². The van der Waals surface area contributed by atoms with Crippen LogP contribution in [0.3, 0.4) is 0 Å². The van der Waals surface area contributed by atoms with Crippen LogP contribution in [-0.4, -0.2) is 64.8 Å². The van der Waals surface area contributed by atoms with Crippen molar-refractivity contribution in [3.05, 3.63) is 60.2 Å². The van der Waals surface area contributed by atoms with Crippen LogP contribution < -0.4 is 26.8 Å². The molecule has 0 aliphatic heterocycles. The Kier molecular flexibility index (Phi) is 10.3. The zero-order chi connectivity index (χ0) is 32.2.